The molecule has 0 aliphatic carbocycles. The van der Waals surface area contributed by atoms with Crippen molar-refractivity contribution in [1.29, 1.82) is 0 Å². The van der Waals surface area contributed by atoms with Crippen LogP contribution in [0.3, 0.4) is 0 Å². The molecule has 0 saturated carbocycles. The molecule has 2 unspecified atom stereocenters. The molecule has 5 heteroatoms. The summed E-state index contributed by atoms with van der Waals surface area (Å²) < 4.78 is 5.45. The number of rotatable bonds is 0. The quantitative estimate of drug-likeness (QED) is 0.751. The zero-order valence-corrected chi connectivity index (χ0v) is 10.1. The minimum Gasteiger partial charge on any atom is -0.383 e. The van der Waals surface area contributed by atoms with E-state index in [2.05, 4.69) is 10.6 Å². The zero-order valence-electron chi connectivity index (χ0n) is 8.59. The van der Waals surface area contributed by atoms with Gasteiger partial charge in [-0.3, -0.25) is 0 Å². The fraction of sp³-hybridized carbons (Fsp3) is 0.455. The Morgan fingerprint density at radius 3 is 2.69 bits per heavy atom. The molecule has 86 valence electrons. The molecule has 1 aromatic carbocycles. The molecule has 0 amide bonds. The Hall–Kier alpha value is -0.640. The smallest absolute Gasteiger partial charge is 0.0672 e. The predicted molar refractivity (Wildman–Crippen MR) is 66.7 cm³/mol. The van der Waals surface area contributed by atoms with Gasteiger partial charge in [0.2, 0.25) is 0 Å². The van der Waals surface area contributed by atoms with Gasteiger partial charge in [-0.25, -0.2) is 0 Å². The molecule has 0 bridgehead atoms. The van der Waals surface area contributed by atoms with Crippen LogP contribution >= 0.6 is 23.2 Å². The highest BCUT2D eigenvalue weighted by Crippen LogP contribution is 2.36. The van der Waals surface area contributed by atoms with Crippen LogP contribution < -0.4 is 10.6 Å². The van der Waals surface area contributed by atoms with Gasteiger partial charge in [-0.1, -0.05) is 23.2 Å². The van der Waals surface area contributed by atoms with Gasteiger partial charge in [-0.15, -0.1) is 0 Å². The first-order valence-corrected chi connectivity index (χ1v) is 6.07. The molecular formula is C11H12Cl2N2O. The number of hydrogen-bond donors (Lipinski definition) is 2. The lowest BCUT2D eigenvalue weighted by Crippen LogP contribution is -2.29. The van der Waals surface area contributed by atoms with Gasteiger partial charge in [0, 0.05) is 12.5 Å². The first-order valence-electron chi connectivity index (χ1n) is 5.31. The number of benzene rings is 1. The van der Waals surface area contributed by atoms with Crippen molar-refractivity contribution in [1.82, 2.24) is 0 Å². The molecule has 2 aliphatic rings. The molecule has 0 aromatic heterocycles. The van der Waals surface area contributed by atoms with Crippen LogP contribution in [0.2, 0.25) is 10.0 Å². The largest absolute Gasteiger partial charge is 0.383 e. The third-order valence-corrected chi connectivity index (χ3v) is 3.88. The molecule has 3 nitrogen and oxygen atoms in total. The maximum absolute atomic E-state index is 6.01. The lowest BCUT2D eigenvalue weighted by atomic mass is 10.0. The van der Waals surface area contributed by atoms with E-state index >= 15 is 0 Å². The van der Waals surface area contributed by atoms with Crippen LogP contribution in [0.5, 0.6) is 0 Å². The molecule has 0 radical (unpaired) electrons. The second-order valence-electron chi connectivity index (χ2n) is 4.24. The van der Waals surface area contributed by atoms with Crippen molar-refractivity contribution in [3.63, 3.8) is 0 Å². The van der Waals surface area contributed by atoms with E-state index in [1.54, 1.807) is 0 Å². The van der Waals surface area contributed by atoms with Crippen LogP contribution in [0.15, 0.2) is 12.1 Å². The van der Waals surface area contributed by atoms with Gasteiger partial charge in [0.05, 0.1) is 40.7 Å². The molecule has 2 heterocycles. The summed E-state index contributed by atoms with van der Waals surface area (Å²) in [5.74, 6) is 0.505. The lowest BCUT2D eigenvalue weighted by Gasteiger charge is -2.15. The summed E-state index contributed by atoms with van der Waals surface area (Å²) in [5.41, 5.74) is 2.02. The summed E-state index contributed by atoms with van der Waals surface area (Å²) in [5, 5.41) is 8.00. The Kier molecular flexibility index (Phi) is 2.62. The molecule has 0 spiro atoms. The number of halogens is 2. The van der Waals surface area contributed by atoms with Crippen molar-refractivity contribution < 1.29 is 4.74 Å². The Labute approximate surface area is 104 Å². The van der Waals surface area contributed by atoms with Gasteiger partial charge < -0.3 is 15.4 Å². The third kappa shape index (κ3) is 1.73. The van der Waals surface area contributed by atoms with E-state index in [0.29, 0.717) is 22.0 Å². The Balaban J connectivity index is 1.97. The summed E-state index contributed by atoms with van der Waals surface area (Å²) in [6.45, 7) is 2.47. The Bertz CT molecular complexity index is 425. The van der Waals surface area contributed by atoms with Gasteiger partial charge >= 0.3 is 0 Å². The minimum atomic E-state index is 0.367. The third-order valence-electron chi connectivity index (χ3n) is 3.15. The van der Waals surface area contributed by atoms with E-state index in [9.17, 15) is 0 Å². The van der Waals surface area contributed by atoms with Crippen molar-refractivity contribution in [3.05, 3.63) is 22.2 Å². The van der Waals surface area contributed by atoms with Gasteiger partial charge in [0.25, 0.3) is 0 Å². The second kappa shape index (κ2) is 3.99. The van der Waals surface area contributed by atoms with Crippen LogP contribution in [0, 0.1) is 5.92 Å². The maximum Gasteiger partial charge on any atom is 0.0672 e. The highest BCUT2D eigenvalue weighted by Gasteiger charge is 2.31. The van der Waals surface area contributed by atoms with E-state index in [-0.39, 0.29) is 0 Å². The van der Waals surface area contributed by atoms with Crippen LogP contribution in [0.1, 0.15) is 0 Å². The summed E-state index contributed by atoms with van der Waals surface area (Å²) in [7, 11) is 0. The summed E-state index contributed by atoms with van der Waals surface area (Å²) >= 11 is 12.0. The molecule has 1 fully saturated rings. The van der Waals surface area contributed by atoms with Crippen LogP contribution in [-0.2, 0) is 4.74 Å². The number of ether oxygens (including phenoxy) is 1. The van der Waals surface area contributed by atoms with E-state index in [0.717, 1.165) is 31.1 Å². The Morgan fingerprint density at radius 1 is 1.12 bits per heavy atom. The molecule has 1 saturated heterocycles. The highest BCUT2D eigenvalue weighted by molar-refractivity contribution is 6.42. The molecule has 2 atom stereocenters. The van der Waals surface area contributed by atoms with Crippen molar-refractivity contribution >= 4 is 34.6 Å². The molecule has 16 heavy (non-hydrogen) atoms. The summed E-state index contributed by atoms with van der Waals surface area (Å²) in [6.07, 6.45) is 0. The van der Waals surface area contributed by atoms with Crippen LogP contribution in [0.25, 0.3) is 0 Å². The van der Waals surface area contributed by atoms with Gasteiger partial charge in [0.15, 0.2) is 0 Å². The predicted octanol–water partition coefficient (Wildman–Crippen LogP) is 2.85. The molecule has 2 aliphatic heterocycles. The molecule has 3 rings (SSSR count). The van der Waals surface area contributed by atoms with E-state index in [1.165, 1.54) is 0 Å². The minimum absolute atomic E-state index is 0.367. The van der Waals surface area contributed by atoms with Crippen LogP contribution in [-0.4, -0.2) is 25.8 Å². The van der Waals surface area contributed by atoms with Gasteiger partial charge in [0.1, 0.15) is 0 Å². The fourth-order valence-corrected chi connectivity index (χ4v) is 2.54. The van der Waals surface area contributed by atoms with E-state index < -0.39 is 0 Å². The maximum atomic E-state index is 6.01. The Morgan fingerprint density at radius 2 is 1.88 bits per heavy atom. The summed E-state index contributed by atoms with van der Waals surface area (Å²) in [4.78, 5) is 0. The normalized spacial score (nSPS) is 27.4. The monoisotopic (exact) mass is 258 g/mol. The molecule has 1 aromatic rings. The van der Waals surface area contributed by atoms with Gasteiger partial charge in [-0.05, 0) is 12.1 Å². The van der Waals surface area contributed by atoms with Crippen molar-refractivity contribution in [2.24, 2.45) is 5.92 Å². The first-order chi connectivity index (χ1) is 7.74. The first kappa shape index (κ1) is 10.5. The highest BCUT2D eigenvalue weighted by atomic mass is 35.5. The number of hydrogen-bond acceptors (Lipinski definition) is 3. The standard InChI is InChI=1S/C11H12Cl2N2O/c12-7-1-9-10(2-8(7)13)15-11-5-16-4-6(11)3-14-9/h1-2,6,11,14-15H,3-5H2. The van der Waals surface area contributed by atoms with E-state index in [1.807, 2.05) is 12.1 Å². The lowest BCUT2D eigenvalue weighted by molar-refractivity contribution is 0.186. The number of nitrogens with one attached hydrogen (secondary N) is 2. The summed E-state index contributed by atoms with van der Waals surface area (Å²) in [6, 6.07) is 4.10. The zero-order chi connectivity index (χ0) is 11.1. The van der Waals surface area contributed by atoms with Crippen molar-refractivity contribution in [2.45, 2.75) is 6.04 Å². The number of anilines is 2. The van der Waals surface area contributed by atoms with E-state index in [4.69, 9.17) is 27.9 Å². The number of fused-ring (bicyclic) bond motifs is 2. The van der Waals surface area contributed by atoms with Crippen molar-refractivity contribution in [3.8, 4) is 0 Å². The van der Waals surface area contributed by atoms with Crippen LogP contribution in [0.4, 0.5) is 11.4 Å². The molecular weight excluding hydrogens is 247 g/mol. The average molecular weight is 259 g/mol. The second-order valence-corrected chi connectivity index (χ2v) is 5.06. The average Bonchev–Trinajstić information content (AvgIpc) is 2.63. The topological polar surface area (TPSA) is 33.3 Å². The van der Waals surface area contributed by atoms with Crippen molar-refractivity contribution in [2.75, 3.05) is 30.4 Å². The SMILES string of the molecule is Clc1cc2c(cc1Cl)NC1COCC1CN2. The fourth-order valence-electron chi connectivity index (χ4n) is 2.21. The van der Waals surface area contributed by atoms with Gasteiger partial charge in [-0.2, -0.15) is 0 Å². The molecule has 2 N–H and O–H groups in total.